The highest BCUT2D eigenvalue weighted by Crippen LogP contribution is 2.27. The molecule has 2 nitrogen and oxygen atoms in total. The summed E-state index contributed by atoms with van der Waals surface area (Å²) in [6.07, 6.45) is 0. The van der Waals surface area contributed by atoms with Crippen LogP contribution >= 0.6 is 0 Å². The molecule has 0 radical (unpaired) electrons. The summed E-state index contributed by atoms with van der Waals surface area (Å²) >= 11 is 0. The van der Waals surface area contributed by atoms with Gasteiger partial charge < -0.3 is 4.98 Å². The molecule has 2 heterocycles. The van der Waals surface area contributed by atoms with Crippen molar-refractivity contribution in [1.82, 2.24) is 9.97 Å². The van der Waals surface area contributed by atoms with Crippen LogP contribution in [-0.2, 0) is 0 Å². The molecule has 106 valence electrons. The maximum atomic E-state index is 14.1. The zero-order chi connectivity index (χ0) is 15.0. The Balaban J connectivity index is 2.10. The first-order chi connectivity index (χ1) is 10.0. The molecule has 0 fully saturated rings. The van der Waals surface area contributed by atoms with E-state index in [2.05, 4.69) is 16.0 Å². The van der Waals surface area contributed by atoms with Crippen LogP contribution in [0, 0.1) is 26.6 Å². The zero-order valence-corrected chi connectivity index (χ0v) is 12.4. The highest BCUT2D eigenvalue weighted by Gasteiger charge is 2.10. The first-order valence-electron chi connectivity index (χ1n) is 6.95. The molecule has 0 aliphatic carbocycles. The van der Waals surface area contributed by atoms with E-state index in [1.807, 2.05) is 45.0 Å². The van der Waals surface area contributed by atoms with Gasteiger partial charge in [-0.2, -0.15) is 0 Å². The van der Waals surface area contributed by atoms with Gasteiger partial charge in [0.1, 0.15) is 5.82 Å². The minimum atomic E-state index is -0.235. The average Bonchev–Trinajstić information content (AvgIpc) is 2.78. The van der Waals surface area contributed by atoms with Crippen molar-refractivity contribution in [2.24, 2.45) is 0 Å². The van der Waals surface area contributed by atoms with Gasteiger partial charge in [0, 0.05) is 22.5 Å². The van der Waals surface area contributed by atoms with Crippen molar-refractivity contribution in [3.63, 3.8) is 0 Å². The molecule has 0 aliphatic rings. The molecule has 21 heavy (non-hydrogen) atoms. The highest BCUT2D eigenvalue weighted by molar-refractivity contribution is 5.68. The molecule has 0 aliphatic heterocycles. The van der Waals surface area contributed by atoms with E-state index < -0.39 is 0 Å². The number of hydrogen-bond acceptors (Lipinski definition) is 1. The van der Waals surface area contributed by atoms with Crippen LogP contribution in [-0.4, -0.2) is 9.97 Å². The minimum absolute atomic E-state index is 0.235. The van der Waals surface area contributed by atoms with E-state index in [-0.39, 0.29) is 5.82 Å². The lowest BCUT2D eigenvalue weighted by Crippen LogP contribution is -1.91. The monoisotopic (exact) mass is 280 g/mol. The summed E-state index contributed by atoms with van der Waals surface area (Å²) in [5, 5.41) is 0. The van der Waals surface area contributed by atoms with Gasteiger partial charge in [-0.1, -0.05) is 12.1 Å². The van der Waals surface area contributed by atoms with Gasteiger partial charge in [0.15, 0.2) is 0 Å². The van der Waals surface area contributed by atoms with E-state index in [0.717, 1.165) is 28.2 Å². The summed E-state index contributed by atoms with van der Waals surface area (Å²) in [5.74, 6) is -0.235. The van der Waals surface area contributed by atoms with Crippen molar-refractivity contribution in [3.05, 3.63) is 65.2 Å². The largest absolute Gasteiger partial charge is 0.362 e. The molecule has 0 atom stereocenters. The van der Waals surface area contributed by atoms with Gasteiger partial charge in [-0.25, -0.2) is 9.37 Å². The number of benzene rings is 1. The van der Waals surface area contributed by atoms with Crippen molar-refractivity contribution in [3.8, 4) is 22.5 Å². The van der Waals surface area contributed by atoms with Crippen LogP contribution in [0.15, 0.2) is 42.5 Å². The molecule has 0 amide bonds. The molecular formula is C18H17FN2. The van der Waals surface area contributed by atoms with Gasteiger partial charge in [-0.3, -0.25) is 0 Å². The summed E-state index contributed by atoms with van der Waals surface area (Å²) in [6, 6.07) is 13.0. The van der Waals surface area contributed by atoms with Crippen molar-refractivity contribution in [1.29, 1.82) is 0 Å². The van der Waals surface area contributed by atoms with E-state index in [4.69, 9.17) is 0 Å². The Hall–Kier alpha value is -2.42. The SMILES string of the molecule is Cc1ccc(-c2cccc(-c3cc(C)[nH]c3C)n2)c(F)c1. The van der Waals surface area contributed by atoms with Crippen molar-refractivity contribution < 1.29 is 4.39 Å². The Morgan fingerprint density at radius 3 is 2.24 bits per heavy atom. The van der Waals surface area contributed by atoms with E-state index in [1.165, 1.54) is 6.07 Å². The second-order valence-electron chi connectivity index (χ2n) is 5.38. The van der Waals surface area contributed by atoms with Crippen molar-refractivity contribution in [2.75, 3.05) is 0 Å². The summed E-state index contributed by atoms with van der Waals surface area (Å²) < 4.78 is 14.1. The molecule has 0 saturated heterocycles. The van der Waals surface area contributed by atoms with E-state index in [9.17, 15) is 4.39 Å². The maximum absolute atomic E-state index is 14.1. The summed E-state index contributed by atoms with van der Waals surface area (Å²) in [6.45, 7) is 5.91. The minimum Gasteiger partial charge on any atom is -0.362 e. The Morgan fingerprint density at radius 2 is 1.62 bits per heavy atom. The lowest BCUT2D eigenvalue weighted by Gasteiger charge is -2.06. The predicted molar refractivity (Wildman–Crippen MR) is 83.6 cm³/mol. The fourth-order valence-corrected chi connectivity index (χ4v) is 2.55. The number of nitrogens with one attached hydrogen (secondary N) is 1. The van der Waals surface area contributed by atoms with Crippen LogP contribution in [0.3, 0.4) is 0 Å². The van der Waals surface area contributed by atoms with Crippen LogP contribution in [0.5, 0.6) is 0 Å². The lowest BCUT2D eigenvalue weighted by molar-refractivity contribution is 0.629. The Morgan fingerprint density at radius 1 is 0.905 bits per heavy atom. The number of halogens is 1. The summed E-state index contributed by atoms with van der Waals surface area (Å²) in [7, 11) is 0. The van der Waals surface area contributed by atoms with E-state index in [1.54, 1.807) is 6.07 Å². The first-order valence-corrected chi connectivity index (χ1v) is 6.95. The molecule has 2 aromatic heterocycles. The number of nitrogens with zero attached hydrogens (tertiary/aromatic N) is 1. The fraction of sp³-hybridized carbons (Fsp3) is 0.167. The molecule has 3 heteroatoms. The number of aryl methyl sites for hydroxylation is 3. The van der Waals surface area contributed by atoms with E-state index >= 15 is 0 Å². The topological polar surface area (TPSA) is 28.7 Å². The van der Waals surface area contributed by atoms with Crippen molar-refractivity contribution in [2.45, 2.75) is 20.8 Å². The zero-order valence-electron chi connectivity index (χ0n) is 12.4. The number of pyridine rings is 1. The molecule has 1 aromatic carbocycles. The predicted octanol–water partition coefficient (Wildman–Crippen LogP) is 4.81. The van der Waals surface area contributed by atoms with Gasteiger partial charge in [0.05, 0.1) is 11.4 Å². The van der Waals surface area contributed by atoms with E-state index in [0.29, 0.717) is 11.3 Å². The number of H-pyrrole nitrogens is 1. The fourth-order valence-electron chi connectivity index (χ4n) is 2.55. The molecule has 0 saturated carbocycles. The molecule has 3 rings (SSSR count). The molecule has 3 aromatic rings. The molecule has 0 spiro atoms. The van der Waals surface area contributed by atoms with Gasteiger partial charge in [-0.15, -0.1) is 0 Å². The lowest BCUT2D eigenvalue weighted by atomic mass is 10.1. The standard InChI is InChI=1S/C18H17FN2/c1-11-7-8-14(16(19)9-11)17-5-4-6-18(21-17)15-10-12(2)20-13(15)3/h4-10,20H,1-3H3. The third-order valence-corrected chi connectivity index (χ3v) is 3.58. The van der Waals surface area contributed by atoms with Gasteiger partial charge >= 0.3 is 0 Å². The molecular weight excluding hydrogens is 263 g/mol. The van der Waals surface area contributed by atoms with Gasteiger partial charge in [0.25, 0.3) is 0 Å². The second-order valence-corrected chi connectivity index (χ2v) is 5.38. The number of aromatic amines is 1. The average molecular weight is 280 g/mol. The Kier molecular flexibility index (Phi) is 3.34. The smallest absolute Gasteiger partial charge is 0.132 e. The van der Waals surface area contributed by atoms with Gasteiger partial charge in [0.2, 0.25) is 0 Å². The third-order valence-electron chi connectivity index (χ3n) is 3.58. The van der Waals surface area contributed by atoms with Crippen LogP contribution in [0.2, 0.25) is 0 Å². The Bertz CT molecular complexity index is 803. The normalized spacial score (nSPS) is 10.9. The number of aromatic nitrogens is 2. The number of rotatable bonds is 2. The molecule has 1 N–H and O–H groups in total. The number of hydrogen-bond donors (Lipinski definition) is 1. The quantitative estimate of drug-likeness (QED) is 0.717. The van der Waals surface area contributed by atoms with Crippen LogP contribution < -0.4 is 0 Å². The van der Waals surface area contributed by atoms with Crippen LogP contribution in [0.25, 0.3) is 22.5 Å². The highest BCUT2D eigenvalue weighted by atomic mass is 19.1. The summed E-state index contributed by atoms with van der Waals surface area (Å²) in [5.41, 5.74) is 6.18. The summed E-state index contributed by atoms with van der Waals surface area (Å²) in [4.78, 5) is 7.89. The first kappa shape index (κ1) is 13.6. The second kappa shape index (κ2) is 5.17. The third kappa shape index (κ3) is 2.59. The van der Waals surface area contributed by atoms with Crippen molar-refractivity contribution >= 4 is 0 Å². The Labute approximate surface area is 123 Å². The van der Waals surface area contributed by atoms with Crippen LogP contribution in [0.4, 0.5) is 4.39 Å². The van der Waals surface area contributed by atoms with Gasteiger partial charge in [-0.05, 0) is 56.7 Å². The van der Waals surface area contributed by atoms with Crippen LogP contribution in [0.1, 0.15) is 17.0 Å². The molecule has 0 unspecified atom stereocenters. The maximum Gasteiger partial charge on any atom is 0.132 e. The molecule has 0 bridgehead atoms.